The molecule has 0 saturated carbocycles. The van der Waals surface area contributed by atoms with Gasteiger partial charge in [0.25, 0.3) is 11.8 Å². The second kappa shape index (κ2) is 7.70. The molecule has 0 aliphatic carbocycles. The number of hydrogen-bond acceptors (Lipinski definition) is 6. The average molecular weight is 405 g/mol. The fourth-order valence-electron chi connectivity index (χ4n) is 3.71. The third-order valence-electron chi connectivity index (χ3n) is 5.65. The average Bonchev–Trinajstić information content (AvgIpc) is 3.25. The molecule has 154 valence electrons. The van der Waals surface area contributed by atoms with Crippen LogP contribution in [0.4, 0.5) is 11.4 Å². The maximum Gasteiger partial charge on any atom is 0.263 e. The van der Waals surface area contributed by atoms with Crippen LogP contribution in [0.25, 0.3) is 0 Å². The van der Waals surface area contributed by atoms with Gasteiger partial charge in [-0.15, -0.1) is 0 Å². The van der Waals surface area contributed by atoms with Crippen LogP contribution in [-0.2, 0) is 20.8 Å². The van der Waals surface area contributed by atoms with Crippen LogP contribution < -0.4 is 10.2 Å². The van der Waals surface area contributed by atoms with Crippen molar-refractivity contribution in [1.82, 2.24) is 5.01 Å². The predicted molar refractivity (Wildman–Crippen MR) is 112 cm³/mol. The lowest BCUT2D eigenvalue weighted by Gasteiger charge is -2.20. The molecule has 8 nitrogen and oxygen atoms in total. The predicted octanol–water partition coefficient (Wildman–Crippen LogP) is 2.80. The molecule has 2 aromatic carbocycles. The van der Waals surface area contributed by atoms with Crippen LogP contribution in [0.5, 0.6) is 0 Å². The number of hydrogen-bond donors (Lipinski definition) is 1. The summed E-state index contributed by atoms with van der Waals surface area (Å²) in [5.74, 6) is -1.16. The van der Waals surface area contributed by atoms with Gasteiger partial charge in [0.15, 0.2) is 12.1 Å². The van der Waals surface area contributed by atoms with E-state index in [0.29, 0.717) is 11.4 Å². The summed E-state index contributed by atoms with van der Waals surface area (Å²) in [7, 11) is 0. The van der Waals surface area contributed by atoms with E-state index in [1.807, 2.05) is 51.1 Å². The quantitative estimate of drug-likeness (QED) is 0.774. The van der Waals surface area contributed by atoms with E-state index in [-0.39, 0.29) is 12.5 Å². The van der Waals surface area contributed by atoms with E-state index in [9.17, 15) is 14.4 Å². The molecule has 0 aromatic heterocycles. The fraction of sp³-hybridized carbons (Fsp3) is 0.318. The Morgan fingerprint density at radius 1 is 1.07 bits per heavy atom. The molecule has 2 aliphatic rings. The number of nitrogens with zero attached hydrogens (tertiary/aromatic N) is 4. The van der Waals surface area contributed by atoms with Gasteiger partial charge in [0.2, 0.25) is 5.91 Å². The van der Waals surface area contributed by atoms with Gasteiger partial charge < -0.3 is 5.32 Å². The van der Waals surface area contributed by atoms with E-state index in [2.05, 4.69) is 15.7 Å². The second-order valence-corrected chi connectivity index (χ2v) is 7.52. The Kier molecular flexibility index (Phi) is 5.07. The molecule has 4 rings (SSSR count). The molecule has 2 heterocycles. The Morgan fingerprint density at radius 2 is 1.80 bits per heavy atom. The number of carbonyl (C=O) groups excluding carboxylic acids is 3. The first-order chi connectivity index (χ1) is 14.4. The summed E-state index contributed by atoms with van der Waals surface area (Å²) in [6.45, 7) is 5.76. The molecule has 1 saturated heterocycles. The van der Waals surface area contributed by atoms with Crippen LogP contribution in [0.1, 0.15) is 23.6 Å². The van der Waals surface area contributed by atoms with Crippen molar-refractivity contribution in [1.29, 1.82) is 0 Å². The Bertz CT molecular complexity index is 1050. The normalized spacial score (nSPS) is 20.1. The van der Waals surface area contributed by atoms with Gasteiger partial charge in [-0.25, -0.2) is 4.90 Å². The molecule has 2 aromatic rings. The molecule has 2 aliphatic heterocycles. The Balaban J connectivity index is 1.49. The van der Waals surface area contributed by atoms with E-state index in [1.54, 1.807) is 12.1 Å². The van der Waals surface area contributed by atoms with Gasteiger partial charge in [-0.1, -0.05) is 36.4 Å². The van der Waals surface area contributed by atoms with E-state index in [4.69, 9.17) is 0 Å². The maximum absolute atomic E-state index is 13.0. The van der Waals surface area contributed by atoms with Gasteiger partial charge in [0, 0.05) is 5.69 Å². The number of nitrogens with one attached hydrogen (secondary N) is 1. The smallest absolute Gasteiger partial charge is 0.263 e. The number of aryl methyl sites for hydroxylation is 2. The monoisotopic (exact) mass is 405 g/mol. The lowest BCUT2D eigenvalue weighted by molar-refractivity contribution is -0.123. The topological polar surface area (TPSA) is 94.4 Å². The van der Waals surface area contributed by atoms with Gasteiger partial charge in [-0.05, 0) is 55.2 Å². The van der Waals surface area contributed by atoms with Crippen molar-refractivity contribution >= 4 is 29.1 Å². The minimum atomic E-state index is -0.920. The summed E-state index contributed by atoms with van der Waals surface area (Å²) in [5, 5.41) is 12.0. The number of fused-ring (bicyclic) bond motifs is 1. The second-order valence-electron chi connectivity index (χ2n) is 7.52. The zero-order valence-electron chi connectivity index (χ0n) is 17.1. The molecule has 0 bridgehead atoms. The summed E-state index contributed by atoms with van der Waals surface area (Å²) >= 11 is 0. The largest absolute Gasteiger partial charge is 0.324 e. The standard InChI is InChI=1S/C22H23N5O3/c1-4-15-8-10-16(11-9-15)27-21(29)19-20(22(27)30)26(25-24-19)12-18(28)23-17-7-5-6-13(2)14(17)3/h5-11,19-20H,4,12H2,1-3H3,(H,23,28). The summed E-state index contributed by atoms with van der Waals surface area (Å²) in [5.41, 5.74) is 4.36. The summed E-state index contributed by atoms with van der Waals surface area (Å²) in [4.78, 5) is 39.5. The highest BCUT2D eigenvalue weighted by Crippen LogP contribution is 2.32. The minimum absolute atomic E-state index is 0.167. The lowest BCUT2D eigenvalue weighted by Crippen LogP contribution is -2.43. The number of imide groups is 1. The van der Waals surface area contributed by atoms with Crippen molar-refractivity contribution in [2.24, 2.45) is 10.3 Å². The molecular formula is C22H23N5O3. The molecule has 1 fully saturated rings. The number of rotatable bonds is 5. The molecule has 8 heteroatoms. The van der Waals surface area contributed by atoms with Crippen molar-refractivity contribution in [3.63, 3.8) is 0 Å². The molecule has 3 amide bonds. The first-order valence-electron chi connectivity index (χ1n) is 9.91. The molecule has 0 spiro atoms. The third kappa shape index (κ3) is 3.34. The van der Waals surface area contributed by atoms with Crippen molar-refractivity contribution in [3.05, 3.63) is 59.2 Å². The SMILES string of the molecule is CCc1ccc(N2C(=O)C3N=NN(CC(=O)Nc4cccc(C)c4C)C3C2=O)cc1. The first-order valence-corrected chi connectivity index (χ1v) is 9.91. The molecule has 0 radical (unpaired) electrons. The number of carbonyl (C=O) groups is 3. The highest BCUT2D eigenvalue weighted by Gasteiger charge is 2.55. The lowest BCUT2D eigenvalue weighted by atomic mass is 10.1. The Hall–Kier alpha value is -3.55. The van der Waals surface area contributed by atoms with Gasteiger partial charge in [-0.3, -0.25) is 19.4 Å². The van der Waals surface area contributed by atoms with Crippen LogP contribution in [0, 0.1) is 13.8 Å². The molecular weight excluding hydrogens is 382 g/mol. The van der Waals surface area contributed by atoms with Gasteiger partial charge in [0.1, 0.15) is 6.54 Å². The van der Waals surface area contributed by atoms with Crippen molar-refractivity contribution in [2.75, 3.05) is 16.8 Å². The van der Waals surface area contributed by atoms with Crippen LogP contribution in [0.2, 0.25) is 0 Å². The highest BCUT2D eigenvalue weighted by molar-refractivity contribution is 6.25. The third-order valence-corrected chi connectivity index (χ3v) is 5.65. The number of benzene rings is 2. The van der Waals surface area contributed by atoms with Crippen molar-refractivity contribution in [3.8, 4) is 0 Å². The Morgan fingerprint density at radius 3 is 2.50 bits per heavy atom. The fourth-order valence-corrected chi connectivity index (χ4v) is 3.71. The van der Waals surface area contributed by atoms with Crippen molar-refractivity contribution < 1.29 is 14.4 Å². The summed E-state index contributed by atoms with van der Waals surface area (Å²) in [6, 6.07) is 11.1. The van der Waals surface area contributed by atoms with Crippen molar-refractivity contribution in [2.45, 2.75) is 39.3 Å². The van der Waals surface area contributed by atoms with Gasteiger partial charge in [0.05, 0.1) is 5.69 Å². The number of amides is 3. The van der Waals surface area contributed by atoms with E-state index in [1.165, 1.54) is 5.01 Å². The number of anilines is 2. The van der Waals surface area contributed by atoms with Gasteiger partial charge in [-0.2, -0.15) is 5.11 Å². The van der Waals surface area contributed by atoms with E-state index in [0.717, 1.165) is 28.0 Å². The van der Waals surface area contributed by atoms with Crippen LogP contribution >= 0.6 is 0 Å². The molecule has 2 unspecified atom stereocenters. The summed E-state index contributed by atoms with van der Waals surface area (Å²) < 4.78 is 0. The minimum Gasteiger partial charge on any atom is -0.324 e. The molecule has 1 N–H and O–H groups in total. The zero-order valence-corrected chi connectivity index (χ0v) is 17.1. The Labute approximate surface area is 174 Å². The summed E-state index contributed by atoms with van der Waals surface area (Å²) in [6.07, 6.45) is 0.866. The van der Waals surface area contributed by atoms with Gasteiger partial charge >= 0.3 is 0 Å². The first kappa shape index (κ1) is 19.8. The highest BCUT2D eigenvalue weighted by atomic mass is 16.2. The molecule has 2 atom stereocenters. The van der Waals surface area contributed by atoms with E-state index < -0.39 is 23.9 Å². The van der Waals surface area contributed by atoms with Crippen LogP contribution in [-0.4, -0.2) is 41.4 Å². The zero-order chi connectivity index (χ0) is 21.4. The van der Waals surface area contributed by atoms with Crippen LogP contribution in [0.3, 0.4) is 0 Å². The molecule has 30 heavy (non-hydrogen) atoms. The maximum atomic E-state index is 13.0. The van der Waals surface area contributed by atoms with E-state index >= 15 is 0 Å². The van der Waals surface area contributed by atoms with Crippen LogP contribution in [0.15, 0.2) is 52.8 Å².